The smallest absolute Gasteiger partial charge is 0.159 e. The molecule has 4 aromatic rings. The summed E-state index contributed by atoms with van der Waals surface area (Å²) >= 11 is 0. The van der Waals surface area contributed by atoms with Crippen LogP contribution in [0.25, 0.3) is 33.4 Å². The molecule has 2 heterocycles. The summed E-state index contributed by atoms with van der Waals surface area (Å²) < 4.78 is 0. The van der Waals surface area contributed by atoms with Crippen LogP contribution in [-0.4, -0.2) is 18.0 Å². The van der Waals surface area contributed by atoms with Crippen molar-refractivity contribution >= 4 is 29.2 Å². The van der Waals surface area contributed by atoms with Crippen LogP contribution in [0.15, 0.2) is 72.9 Å². The first-order valence-electron chi connectivity index (χ1n) is 8.61. The molecule has 120 valence electrons. The van der Waals surface area contributed by atoms with Crippen molar-refractivity contribution in [3.05, 3.63) is 72.9 Å². The van der Waals surface area contributed by atoms with Gasteiger partial charge in [-0.25, -0.2) is 9.97 Å². The Morgan fingerprint density at radius 3 is 2.20 bits per heavy atom. The monoisotopic (exact) mass is 338 g/mol. The third-order valence-electron chi connectivity index (χ3n) is 5.31. The van der Waals surface area contributed by atoms with Gasteiger partial charge < -0.3 is 0 Å². The van der Waals surface area contributed by atoms with Crippen molar-refractivity contribution in [2.45, 2.75) is 13.1 Å². The first kappa shape index (κ1) is 14.6. The van der Waals surface area contributed by atoms with Gasteiger partial charge in [-0.2, -0.15) is 0 Å². The highest BCUT2D eigenvalue weighted by Crippen LogP contribution is 2.31. The minimum absolute atomic E-state index is 0.810. The predicted molar refractivity (Wildman–Crippen MR) is 107 cm³/mol. The van der Waals surface area contributed by atoms with Crippen molar-refractivity contribution in [1.29, 1.82) is 0 Å². The molecule has 0 amide bonds. The lowest BCUT2D eigenvalue weighted by Crippen LogP contribution is -2.49. The molecule has 0 bridgehead atoms. The van der Waals surface area contributed by atoms with Gasteiger partial charge in [0.25, 0.3) is 0 Å². The van der Waals surface area contributed by atoms with Gasteiger partial charge in [-0.15, -0.1) is 0 Å². The van der Waals surface area contributed by atoms with Gasteiger partial charge in [-0.3, -0.25) is 0 Å². The lowest BCUT2D eigenvalue weighted by molar-refractivity contribution is 1.20. The van der Waals surface area contributed by atoms with Crippen LogP contribution < -0.4 is 10.4 Å². The fourth-order valence-electron chi connectivity index (χ4n) is 3.87. The standard InChI is InChI=1S/C22H18N2Si/c1-25(2)19-13-17-11-7-6-10-16(17)12-18(19)21-20(25)14-23-22(24-21)15-8-4-3-5-9-15/h3-14H,1-2H3. The van der Waals surface area contributed by atoms with E-state index in [0.717, 1.165) is 17.1 Å². The Bertz CT molecular complexity index is 1120. The molecule has 0 N–H and O–H groups in total. The van der Waals surface area contributed by atoms with Gasteiger partial charge in [-0.05, 0) is 27.2 Å². The van der Waals surface area contributed by atoms with Crippen LogP contribution in [-0.2, 0) is 0 Å². The number of fused-ring (bicyclic) bond motifs is 4. The largest absolute Gasteiger partial charge is 0.237 e. The molecule has 1 aromatic heterocycles. The molecule has 0 aliphatic carbocycles. The lowest BCUT2D eigenvalue weighted by atomic mass is 10.0. The van der Waals surface area contributed by atoms with Crippen LogP contribution in [0, 0.1) is 0 Å². The topological polar surface area (TPSA) is 25.8 Å². The van der Waals surface area contributed by atoms with E-state index in [2.05, 4.69) is 67.8 Å². The van der Waals surface area contributed by atoms with Crippen molar-refractivity contribution in [3.63, 3.8) is 0 Å². The van der Waals surface area contributed by atoms with Crippen molar-refractivity contribution in [3.8, 4) is 22.6 Å². The van der Waals surface area contributed by atoms with E-state index in [1.807, 2.05) is 18.2 Å². The molecule has 1 aliphatic rings. The predicted octanol–water partition coefficient (Wildman–Crippen LogP) is 4.10. The number of hydrogen-bond donors (Lipinski definition) is 0. The zero-order chi connectivity index (χ0) is 17.0. The molecule has 0 spiro atoms. The normalized spacial score (nSPS) is 14.3. The highest BCUT2D eigenvalue weighted by Gasteiger charge is 2.39. The zero-order valence-corrected chi connectivity index (χ0v) is 15.3. The van der Waals surface area contributed by atoms with E-state index in [4.69, 9.17) is 9.97 Å². The second-order valence-corrected chi connectivity index (χ2v) is 11.5. The van der Waals surface area contributed by atoms with Gasteiger partial charge in [0.05, 0.1) is 5.69 Å². The molecule has 2 nitrogen and oxygen atoms in total. The minimum atomic E-state index is -1.75. The summed E-state index contributed by atoms with van der Waals surface area (Å²) in [4.78, 5) is 9.68. The van der Waals surface area contributed by atoms with E-state index in [-0.39, 0.29) is 0 Å². The molecule has 3 heteroatoms. The van der Waals surface area contributed by atoms with Crippen LogP contribution >= 0.6 is 0 Å². The van der Waals surface area contributed by atoms with E-state index in [1.165, 1.54) is 26.7 Å². The Balaban J connectivity index is 1.79. The van der Waals surface area contributed by atoms with Gasteiger partial charge in [0.1, 0.15) is 8.07 Å². The molecule has 0 saturated carbocycles. The molecule has 1 aliphatic heterocycles. The molecule has 3 aromatic carbocycles. The van der Waals surface area contributed by atoms with Gasteiger partial charge in [0.2, 0.25) is 0 Å². The van der Waals surface area contributed by atoms with Crippen LogP contribution in [0.4, 0.5) is 0 Å². The Morgan fingerprint density at radius 1 is 0.760 bits per heavy atom. The Hall–Kier alpha value is -2.78. The van der Waals surface area contributed by atoms with Gasteiger partial charge >= 0.3 is 0 Å². The summed E-state index contributed by atoms with van der Waals surface area (Å²) in [6, 6.07) is 23.5. The summed E-state index contributed by atoms with van der Waals surface area (Å²) in [5.41, 5.74) is 3.50. The van der Waals surface area contributed by atoms with Crippen molar-refractivity contribution in [1.82, 2.24) is 9.97 Å². The number of aromatic nitrogens is 2. The Kier molecular flexibility index (Phi) is 2.97. The molecular weight excluding hydrogens is 320 g/mol. The summed E-state index contributed by atoms with van der Waals surface area (Å²) in [5.74, 6) is 0.810. The van der Waals surface area contributed by atoms with Crippen LogP contribution in [0.2, 0.25) is 13.1 Å². The number of benzene rings is 3. The molecule has 0 unspecified atom stereocenters. The highest BCUT2D eigenvalue weighted by molar-refractivity contribution is 7.03. The van der Waals surface area contributed by atoms with Crippen LogP contribution in [0.1, 0.15) is 0 Å². The average Bonchev–Trinajstić information content (AvgIpc) is 2.87. The fraction of sp³-hybridized carbons (Fsp3) is 0.0909. The molecule has 0 radical (unpaired) electrons. The maximum atomic E-state index is 4.99. The molecule has 0 saturated heterocycles. The molecule has 0 fully saturated rings. The maximum absolute atomic E-state index is 4.99. The fourth-order valence-corrected chi connectivity index (χ4v) is 6.71. The zero-order valence-electron chi connectivity index (χ0n) is 14.3. The average molecular weight is 338 g/mol. The Labute approximate surface area is 148 Å². The molecule has 25 heavy (non-hydrogen) atoms. The number of hydrogen-bond acceptors (Lipinski definition) is 2. The summed E-state index contributed by atoms with van der Waals surface area (Å²) in [6.45, 7) is 4.80. The third-order valence-corrected chi connectivity index (χ3v) is 8.78. The van der Waals surface area contributed by atoms with E-state index >= 15 is 0 Å². The second-order valence-electron chi connectivity index (χ2n) is 7.19. The second kappa shape index (κ2) is 5.10. The third kappa shape index (κ3) is 2.09. The van der Waals surface area contributed by atoms with Crippen molar-refractivity contribution < 1.29 is 0 Å². The SMILES string of the molecule is C[Si]1(C)c2cc3ccccc3cc2-c2nc(-c3ccccc3)ncc21. The summed E-state index contributed by atoms with van der Waals surface area (Å²) in [5, 5.41) is 5.41. The summed E-state index contributed by atoms with van der Waals surface area (Å²) in [6.07, 6.45) is 2.07. The van der Waals surface area contributed by atoms with E-state index in [1.54, 1.807) is 0 Å². The van der Waals surface area contributed by atoms with Crippen molar-refractivity contribution in [2.75, 3.05) is 0 Å². The van der Waals surface area contributed by atoms with Crippen molar-refractivity contribution in [2.24, 2.45) is 0 Å². The quantitative estimate of drug-likeness (QED) is 0.488. The van der Waals surface area contributed by atoms with Gasteiger partial charge in [-0.1, -0.05) is 73.8 Å². The number of nitrogens with zero attached hydrogens (tertiary/aromatic N) is 2. The van der Waals surface area contributed by atoms with Gasteiger partial charge in [0, 0.05) is 17.3 Å². The summed E-state index contributed by atoms with van der Waals surface area (Å²) in [7, 11) is -1.75. The first-order valence-corrected chi connectivity index (χ1v) is 11.6. The van der Waals surface area contributed by atoms with Gasteiger partial charge in [0.15, 0.2) is 5.82 Å². The molecule has 0 atom stereocenters. The van der Waals surface area contributed by atoms with E-state index in [9.17, 15) is 0 Å². The highest BCUT2D eigenvalue weighted by atomic mass is 28.3. The van der Waals surface area contributed by atoms with E-state index in [0.29, 0.717) is 0 Å². The first-order chi connectivity index (χ1) is 12.1. The minimum Gasteiger partial charge on any atom is -0.237 e. The number of rotatable bonds is 1. The Morgan fingerprint density at radius 2 is 1.44 bits per heavy atom. The lowest BCUT2D eigenvalue weighted by Gasteiger charge is -2.18. The van der Waals surface area contributed by atoms with E-state index < -0.39 is 8.07 Å². The van der Waals surface area contributed by atoms with Crippen LogP contribution in [0.5, 0.6) is 0 Å². The molecular formula is C22H18N2Si. The molecule has 5 rings (SSSR count). The maximum Gasteiger partial charge on any atom is 0.159 e. The van der Waals surface area contributed by atoms with Crippen LogP contribution in [0.3, 0.4) is 0 Å².